The van der Waals surface area contributed by atoms with E-state index in [-0.39, 0.29) is 5.92 Å². The van der Waals surface area contributed by atoms with E-state index in [1.807, 2.05) is 0 Å². The minimum Gasteiger partial charge on any atom is -0.497 e. The van der Waals surface area contributed by atoms with Gasteiger partial charge in [-0.05, 0) is 89.8 Å². The number of carbonyl (C=O) groups is 1. The molecule has 1 aliphatic heterocycles. The molecular formula is C30H31NO2. The number of piperidine rings is 1. The van der Waals surface area contributed by atoms with E-state index in [1.54, 1.807) is 7.11 Å². The molecule has 168 valence electrons. The number of benzene rings is 3. The van der Waals surface area contributed by atoms with E-state index in [1.165, 1.54) is 39.1 Å². The molecule has 2 aliphatic rings. The van der Waals surface area contributed by atoms with Crippen LogP contribution >= 0.6 is 0 Å². The summed E-state index contributed by atoms with van der Waals surface area (Å²) in [4.78, 5) is 13.5. The third kappa shape index (κ3) is 4.45. The van der Waals surface area contributed by atoms with E-state index in [4.69, 9.17) is 4.74 Å². The van der Waals surface area contributed by atoms with Gasteiger partial charge in [-0.15, -0.1) is 0 Å². The Balaban J connectivity index is 1.57. The molecular weight excluding hydrogens is 406 g/mol. The van der Waals surface area contributed by atoms with Gasteiger partial charge < -0.3 is 14.4 Å². The monoisotopic (exact) mass is 437 g/mol. The van der Waals surface area contributed by atoms with Crippen molar-refractivity contribution in [3.05, 3.63) is 95.1 Å². The van der Waals surface area contributed by atoms with Gasteiger partial charge in [-0.25, -0.2) is 0 Å². The molecule has 33 heavy (non-hydrogen) atoms. The van der Waals surface area contributed by atoms with Crippen molar-refractivity contribution in [2.75, 3.05) is 25.1 Å². The molecule has 1 saturated heterocycles. The van der Waals surface area contributed by atoms with Crippen LogP contribution in [-0.4, -0.2) is 26.5 Å². The van der Waals surface area contributed by atoms with E-state index in [9.17, 15) is 4.79 Å². The van der Waals surface area contributed by atoms with Crippen molar-refractivity contribution >= 4 is 23.1 Å². The maximum Gasteiger partial charge on any atom is 0.123 e. The lowest BCUT2D eigenvalue weighted by atomic mass is 9.87. The van der Waals surface area contributed by atoms with Gasteiger partial charge in [0.1, 0.15) is 12.0 Å². The minimum absolute atomic E-state index is 0.221. The van der Waals surface area contributed by atoms with E-state index in [0.717, 1.165) is 57.2 Å². The van der Waals surface area contributed by atoms with E-state index >= 15 is 0 Å². The summed E-state index contributed by atoms with van der Waals surface area (Å²) in [5, 5.41) is 0. The lowest BCUT2D eigenvalue weighted by Crippen LogP contribution is -2.34. The molecule has 1 aliphatic carbocycles. The number of ether oxygens (including phenoxy) is 1. The normalized spacial score (nSPS) is 16.8. The summed E-state index contributed by atoms with van der Waals surface area (Å²) in [5.74, 6) is 1.14. The van der Waals surface area contributed by atoms with Crippen LogP contribution in [-0.2, 0) is 11.2 Å². The van der Waals surface area contributed by atoms with Crippen LogP contribution in [0.15, 0.2) is 72.8 Å². The second-order valence-corrected chi connectivity index (χ2v) is 9.10. The third-order valence-corrected chi connectivity index (χ3v) is 7.13. The van der Waals surface area contributed by atoms with Crippen LogP contribution in [0, 0.1) is 5.92 Å². The molecule has 1 fully saturated rings. The molecule has 3 aromatic carbocycles. The van der Waals surface area contributed by atoms with Crippen LogP contribution in [0.4, 0.5) is 5.69 Å². The number of aryl methyl sites for hydroxylation is 1. The molecule has 3 nitrogen and oxygen atoms in total. The predicted molar refractivity (Wildman–Crippen MR) is 136 cm³/mol. The van der Waals surface area contributed by atoms with Gasteiger partial charge in [0.25, 0.3) is 0 Å². The Bertz CT molecular complexity index is 1140. The molecule has 5 rings (SSSR count). The standard InChI is InChI=1S/C30H31NO2/c1-33-27-14-15-29-25(20-27)8-5-9-28(23-6-3-2-4-7-23)30(29)24-10-12-26(13-11-24)31-18-16-22(21-32)17-19-31/h2-4,6-7,10-15,20-22H,5,8-9,16-19H2,1H3. The molecule has 0 N–H and O–H groups in total. The van der Waals surface area contributed by atoms with Crippen LogP contribution < -0.4 is 9.64 Å². The number of fused-ring (bicyclic) bond motifs is 1. The summed E-state index contributed by atoms with van der Waals surface area (Å²) in [6.45, 7) is 1.90. The Morgan fingerprint density at radius 2 is 1.64 bits per heavy atom. The maximum atomic E-state index is 11.1. The highest BCUT2D eigenvalue weighted by Gasteiger charge is 2.22. The van der Waals surface area contributed by atoms with Crippen molar-refractivity contribution in [2.24, 2.45) is 5.92 Å². The quantitative estimate of drug-likeness (QED) is 0.432. The van der Waals surface area contributed by atoms with Crippen molar-refractivity contribution in [3.63, 3.8) is 0 Å². The third-order valence-electron chi connectivity index (χ3n) is 7.13. The Kier molecular flexibility index (Phi) is 6.30. The van der Waals surface area contributed by atoms with E-state index in [2.05, 4.69) is 77.7 Å². The summed E-state index contributed by atoms with van der Waals surface area (Å²) < 4.78 is 5.53. The SMILES string of the molecule is COc1ccc2c(c1)CCCC(c1ccccc1)=C2c1ccc(N2CCC(C=O)CC2)cc1. The van der Waals surface area contributed by atoms with Crippen LogP contribution in [0.3, 0.4) is 0 Å². The number of allylic oxidation sites excluding steroid dienone is 1. The smallest absolute Gasteiger partial charge is 0.123 e. The Morgan fingerprint density at radius 1 is 0.879 bits per heavy atom. The highest BCUT2D eigenvalue weighted by Crippen LogP contribution is 2.41. The Morgan fingerprint density at radius 3 is 2.33 bits per heavy atom. The van der Waals surface area contributed by atoms with Gasteiger partial charge in [0, 0.05) is 24.7 Å². The van der Waals surface area contributed by atoms with Gasteiger partial charge in [-0.2, -0.15) is 0 Å². The lowest BCUT2D eigenvalue weighted by Gasteiger charge is -2.31. The minimum atomic E-state index is 0.221. The topological polar surface area (TPSA) is 29.5 Å². The maximum absolute atomic E-state index is 11.1. The van der Waals surface area contributed by atoms with Crippen LogP contribution in [0.2, 0.25) is 0 Å². The first-order chi connectivity index (χ1) is 16.3. The van der Waals surface area contributed by atoms with Crippen molar-refractivity contribution in [1.29, 1.82) is 0 Å². The van der Waals surface area contributed by atoms with Gasteiger partial charge in [0.15, 0.2) is 0 Å². The number of hydrogen-bond donors (Lipinski definition) is 0. The zero-order valence-corrected chi connectivity index (χ0v) is 19.3. The second kappa shape index (κ2) is 9.66. The highest BCUT2D eigenvalue weighted by atomic mass is 16.5. The first kappa shape index (κ1) is 21.5. The summed E-state index contributed by atoms with van der Waals surface area (Å²) in [6, 6.07) is 26.4. The van der Waals surface area contributed by atoms with Crippen molar-refractivity contribution < 1.29 is 9.53 Å². The molecule has 0 unspecified atom stereocenters. The Hall–Kier alpha value is -3.33. The molecule has 0 amide bonds. The lowest BCUT2D eigenvalue weighted by molar-refractivity contribution is -0.111. The number of methoxy groups -OCH3 is 1. The zero-order chi connectivity index (χ0) is 22.6. The van der Waals surface area contributed by atoms with Gasteiger partial charge >= 0.3 is 0 Å². The highest BCUT2D eigenvalue weighted by molar-refractivity contribution is 6.00. The van der Waals surface area contributed by atoms with Crippen LogP contribution in [0.1, 0.15) is 47.9 Å². The van der Waals surface area contributed by atoms with Crippen molar-refractivity contribution in [1.82, 2.24) is 0 Å². The fourth-order valence-electron chi connectivity index (χ4n) is 5.28. The molecule has 3 aromatic rings. The second-order valence-electron chi connectivity index (χ2n) is 9.10. The van der Waals surface area contributed by atoms with E-state index in [0.29, 0.717) is 0 Å². The molecule has 0 spiro atoms. The van der Waals surface area contributed by atoms with Crippen LogP contribution in [0.5, 0.6) is 5.75 Å². The van der Waals surface area contributed by atoms with Gasteiger partial charge in [-0.3, -0.25) is 0 Å². The number of aldehydes is 1. The molecule has 0 radical (unpaired) electrons. The number of anilines is 1. The molecule has 1 heterocycles. The molecule has 0 atom stereocenters. The predicted octanol–water partition coefficient (Wildman–Crippen LogP) is 6.41. The first-order valence-electron chi connectivity index (χ1n) is 12.0. The van der Waals surface area contributed by atoms with E-state index < -0.39 is 0 Å². The van der Waals surface area contributed by atoms with Gasteiger partial charge in [-0.1, -0.05) is 48.5 Å². The van der Waals surface area contributed by atoms with Crippen molar-refractivity contribution in [2.45, 2.75) is 32.1 Å². The number of hydrogen-bond acceptors (Lipinski definition) is 3. The average Bonchev–Trinajstić information content (AvgIpc) is 3.08. The molecule has 0 saturated carbocycles. The Labute approximate surface area is 196 Å². The zero-order valence-electron chi connectivity index (χ0n) is 19.3. The molecule has 0 bridgehead atoms. The number of carbonyl (C=O) groups excluding carboxylic acids is 1. The largest absolute Gasteiger partial charge is 0.497 e. The fraction of sp³-hybridized carbons (Fsp3) is 0.300. The summed E-state index contributed by atoms with van der Waals surface area (Å²) in [6.07, 6.45) is 6.25. The summed E-state index contributed by atoms with van der Waals surface area (Å²) in [7, 11) is 1.74. The molecule has 3 heteroatoms. The summed E-state index contributed by atoms with van der Waals surface area (Å²) in [5.41, 5.74) is 9.22. The fourth-order valence-corrected chi connectivity index (χ4v) is 5.28. The van der Waals surface area contributed by atoms with Crippen molar-refractivity contribution in [3.8, 4) is 5.75 Å². The first-order valence-corrected chi connectivity index (χ1v) is 12.0. The van der Waals surface area contributed by atoms with Gasteiger partial charge in [0.2, 0.25) is 0 Å². The number of nitrogens with zero attached hydrogens (tertiary/aromatic N) is 1. The average molecular weight is 438 g/mol. The summed E-state index contributed by atoms with van der Waals surface area (Å²) >= 11 is 0. The number of rotatable bonds is 5. The molecule has 0 aromatic heterocycles. The van der Waals surface area contributed by atoms with Gasteiger partial charge in [0.05, 0.1) is 7.11 Å². The van der Waals surface area contributed by atoms with Crippen LogP contribution in [0.25, 0.3) is 11.1 Å².